The number of Topliss-reactive ketones (excluding diaryl/α,β-unsaturated/α-hetero) is 1. The molecule has 0 saturated heterocycles. The predicted molar refractivity (Wildman–Crippen MR) is 182 cm³/mol. The summed E-state index contributed by atoms with van der Waals surface area (Å²) in [5.41, 5.74) is 1.60. The second-order valence-electron chi connectivity index (χ2n) is 11.5. The van der Waals surface area contributed by atoms with Gasteiger partial charge in [0.1, 0.15) is 30.3 Å². The van der Waals surface area contributed by atoms with Crippen LogP contribution in [0.5, 0.6) is 11.5 Å². The molecule has 0 aromatic heterocycles. The number of methoxy groups -OCH3 is 1. The van der Waals surface area contributed by atoms with Crippen molar-refractivity contribution in [1.29, 1.82) is 0 Å². The van der Waals surface area contributed by atoms with E-state index in [4.69, 9.17) is 14.0 Å². The van der Waals surface area contributed by atoms with E-state index in [1.807, 2.05) is 74.5 Å². The lowest BCUT2D eigenvalue weighted by atomic mass is 10.00. The number of carbonyl (C=O) groups is 3. The first-order chi connectivity index (χ1) is 22.6. The maximum absolute atomic E-state index is 14.6. The monoisotopic (exact) mass is 656 g/mol. The van der Waals surface area contributed by atoms with E-state index in [9.17, 15) is 18.9 Å². The highest BCUT2D eigenvalue weighted by atomic mass is 31.2. The van der Waals surface area contributed by atoms with Crippen molar-refractivity contribution < 1.29 is 32.9 Å². The van der Waals surface area contributed by atoms with E-state index >= 15 is 0 Å². The van der Waals surface area contributed by atoms with Gasteiger partial charge in [-0.15, -0.1) is 0 Å². The number of carbonyl (C=O) groups excluding carboxylic acids is 3. The number of benzene rings is 4. The summed E-state index contributed by atoms with van der Waals surface area (Å²) in [5.74, 6) is -0.201. The fraction of sp³-hybridized carbons (Fsp3) is 0.270. The van der Waals surface area contributed by atoms with Gasteiger partial charge in [-0.3, -0.25) is 14.2 Å². The molecule has 10 heteroatoms. The molecule has 4 aromatic rings. The molecule has 2 N–H and O–H groups in total. The Hall–Kier alpha value is -4.88. The van der Waals surface area contributed by atoms with E-state index in [1.165, 1.54) is 7.11 Å². The molecule has 0 aliphatic carbocycles. The molecule has 9 nitrogen and oxygen atoms in total. The van der Waals surface area contributed by atoms with Gasteiger partial charge in [-0.2, -0.15) is 0 Å². The summed E-state index contributed by atoms with van der Waals surface area (Å²) in [6, 6.07) is 31.6. The molecule has 0 fully saturated rings. The highest BCUT2D eigenvalue weighted by molar-refractivity contribution is 7.68. The molecule has 2 unspecified atom stereocenters. The van der Waals surface area contributed by atoms with Crippen molar-refractivity contribution in [3.8, 4) is 11.5 Å². The summed E-state index contributed by atoms with van der Waals surface area (Å²) >= 11 is 0. The second kappa shape index (κ2) is 17.2. The van der Waals surface area contributed by atoms with Crippen LogP contribution in [0.1, 0.15) is 31.4 Å². The maximum Gasteiger partial charge on any atom is 0.408 e. The van der Waals surface area contributed by atoms with Gasteiger partial charge < -0.3 is 24.6 Å². The molecule has 0 heterocycles. The van der Waals surface area contributed by atoms with Crippen LogP contribution in [-0.4, -0.2) is 43.1 Å². The topological polar surface area (TPSA) is 120 Å². The maximum atomic E-state index is 14.6. The SMILES string of the molecule is COc1cccc(P(=O)(CC(=O)C(Cc2ccccc2)NC(=O)[C@H](CC(C)C)NC(=O)OCc2ccccc2)Oc2ccccc2)c1. The van der Waals surface area contributed by atoms with Gasteiger partial charge in [0, 0.05) is 0 Å². The van der Waals surface area contributed by atoms with Crippen LogP contribution in [-0.2, 0) is 31.9 Å². The van der Waals surface area contributed by atoms with Gasteiger partial charge in [-0.05, 0) is 60.2 Å². The summed E-state index contributed by atoms with van der Waals surface area (Å²) in [5, 5.41) is 5.82. The van der Waals surface area contributed by atoms with Gasteiger partial charge in [0.25, 0.3) is 7.37 Å². The number of rotatable bonds is 16. The summed E-state index contributed by atoms with van der Waals surface area (Å²) < 4.78 is 31.4. The zero-order chi connectivity index (χ0) is 33.6. The number of ketones is 1. The summed E-state index contributed by atoms with van der Waals surface area (Å²) in [4.78, 5) is 40.6. The second-order valence-corrected chi connectivity index (χ2v) is 13.9. The Morgan fingerprint density at radius 1 is 0.723 bits per heavy atom. The standard InChI is InChI=1S/C37H41N2O7P/c1-27(2)22-34(39-37(42)45-25-29-16-9-5-10-17-29)36(41)38-33(23-28-14-7-4-8-15-28)35(40)26-47(43,46-30-18-11-6-12-19-30)32-21-13-20-31(24-32)44-3/h4-21,24,27,33-34H,22-23,25-26H2,1-3H3,(H,38,41)(H,39,42)/t33?,34-,47?/m0/s1. The number of amides is 2. The molecule has 246 valence electrons. The lowest BCUT2D eigenvalue weighted by Gasteiger charge is -2.26. The molecule has 0 bridgehead atoms. The molecule has 0 aliphatic heterocycles. The fourth-order valence-corrected chi connectivity index (χ4v) is 7.03. The Bertz CT molecular complexity index is 1650. The van der Waals surface area contributed by atoms with E-state index in [0.29, 0.717) is 23.2 Å². The van der Waals surface area contributed by atoms with E-state index < -0.39 is 43.4 Å². The molecule has 0 radical (unpaired) electrons. The summed E-state index contributed by atoms with van der Waals surface area (Å²) in [7, 11) is -2.37. The Kier molecular flexibility index (Phi) is 12.8. The molecule has 4 rings (SSSR count). The minimum atomic E-state index is -3.87. The molecule has 0 spiro atoms. The van der Waals surface area contributed by atoms with Crippen molar-refractivity contribution in [1.82, 2.24) is 10.6 Å². The normalized spacial score (nSPS) is 13.4. The lowest BCUT2D eigenvalue weighted by Crippen LogP contribution is -2.53. The van der Waals surface area contributed by atoms with Gasteiger partial charge in [-0.25, -0.2) is 4.79 Å². The van der Waals surface area contributed by atoms with E-state index in [0.717, 1.165) is 11.1 Å². The van der Waals surface area contributed by atoms with E-state index in [-0.39, 0.29) is 18.9 Å². The number of nitrogens with one attached hydrogen (secondary N) is 2. The molecule has 2 amide bonds. The molecular weight excluding hydrogens is 615 g/mol. The summed E-state index contributed by atoms with van der Waals surface area (Å²) in [6.45, 7) is 3.89. The lowest BCUT2D eigenvalue weighted by molar-refractivity contribution is -0.128. The van der Waals surface area contributed by atoms with E-state index in [1.54, 1.807) is 54.6 Å². The van der Waals surface area contributed by atoms with Gasteiger partial charge >= 0.3 is 6.09 Å². The van der Waals surface area contributed by atoms with Crippen molar-refractivity contribution in [3.63, 3.8) is 0 Å². The number of hydrogen-bond donors (Lipinski definition) is 2. The first-order valence-corrected chi connectivity index (χ1v) is 17.3. The van der Waals surface area contributed by atoms with Crippen LogP contribution in [0, 0.1) is 5.92 Å². The number of hydrogen-bond acceptors (Lipinski definition) is 7. The van der Waals surface area contributed by atoms with Gasteiger partial charge in [0.05, 0.1) is 18.5 Å². The first kappa shape index (κ1) is 35.0. The zero-order valence-corrected chi connectivity index (χ0v) is 27.7. The Balaban J connectivity index is 1.58. The molecule has 47 heavy (non-hydrogen) atoms. The van der Waals surface area contributed by atoms with Gasteiger partial charge in [0.2, 0.25) is 5.91 Å². The highest BCUT2D eigenvalue weighted by Crippen LogP contribution is 2.47. The average molecular weight is 657 g/mol. The fourth-order valence-electron chi connectivity index (χ4n) is 4.94. The quantitative estimate of drug-likeness (QED) is 0.136. The van der Waals surface area contributed by atoms with Crippen molar-refractivity contribution in [2.24, 2.45) is 5.92 Å². The van der Waals surface area contributed by atoms with Crippen LogP contribution in [0.25, 0.3) is 0 Å². The molecule has 0 aliphatic rings. The third-order valence-corrected chi connectivity index (χ3v) is 9.62. The third kappa shape index (κ3) is 10.9. The van der Waals surface area contributed by atoms with Crippen LogP contribution in [0.4, 0.5) is 4.79 Å². The minimum absolute atomic E-state index is 0.0380. The van der Waals surface area contributed by atoms with Crippen molar-refractivity contribution >= 4 is 30.5 Å². The van der Waals surface area contributed by atoms with Crippen LogP contribution >= 0.6 is 7.37 Å². The predicted octanol–water partition coefficient (Wildman–Crippen LogP) is 6.32. The van der Waals surface area contributed by atoms with Crippen molar-refractivity contribution in [3.05, 3.63) is 126 Å². The zero-order valence-electron chi connectivity index (χ0n) is 26.8. The molecule has 4 aromatic carbocycles. The molecule has 0 saturated carbocycles. The number of ether oxygens (including phenoxy) is 2. The first-order valence-electron chi connectivity index (χ1n) is 15.5. The Labute approximate surface area is 276 Å². The van der Waals surface area contributed by atoms with Crippen LogP contribution < -0.4 is 25.2 Å². The van der Waals surface area contributed by atoms with Crippen LogP contribution in [0.2, 0.25) is 0 Å². The Morgan fingerprint density at radius 2 is 1.32 bits per heavy atom. The minimum Gasteiger partial charge on any atom is -0.497 e. The average Bonchev–Trinajstić information content (AvgIpc) is 3.08. The number of para-hydroxylation sites is 1. The van der Waals surface area contributed by atoms with Crippen LogP contribution in [0.15, 0.2) is 115 Å². The Morgan fingerprint density at radius 3 is 1.94 bits per heavy atom. The molecular formula is C37H41N2O7P. The van der Waals surface area contributed by atoms with E-state index in [2.05, 4.69) is 10.6 Å². The van der Waals surface area contributed by atoms with Crippen molar-refractivity contribution in [2.45, 2.75) is 45.4 Å². The summed E-state index contributed by atoms with van der Waals surface area (Å²) in [6.07, 6.45) is -0.798. The van der Waals surface area contributed by atoms with Gasteiger partial charge in [-0.1, -0.05) is 98.8 Å². The third-order valence-electron chi connectivity index (χ3n) is 7.32. The highest BCUT2D eigenvalue weighted by Gasteiger charge is 2.36. The number of alkyl carbamates (subject to hydrolysis) is 1. The van der Waals surface area contributed by atoms with Crippen molar-refractivity contribution in [2.75, 3.05) is 13.3 Å². The smallest absolute Gasteiger partial charge is 0.408 e. The van der Waals surface area contributed by atoms with Crippen LogP contribution in [0.3, 0.4) is 0 Å². The largest absolute Gasteiger partial charge is 0.497 e. The van der Waals surface area contributed by atoms with Gasteiger partial charge in [0.15, 0.2) is 5.78 Å². The molecule has 3 atom stereocenters.